The van der Waals surface area contributed by atoms with Crippen LogP contribution in [-0.4, -0.2) is 82.6 Å². The van der Waals surface area contributed by atoms with Gasteiger partial charge in [0.25, 0.3) is 0 Å². The zero-order chi connectivity index (χ0) is 24.8. The van der Waals surface area contributed by atoms with E-state index in [-0.39, 0.29) is 31.6 Å². The third kappa shape index (κ3) is 11.9. The number of carboxylic acid groups (broad SMARTS) is 1. The minimum atomic E-state index is -1.28. The number of nitrogens with one attached hydrogen (secondary N) is 3. The molecule has 0 aliphatic carbocycles. The lowest BCUT2D eigenvalue weighted by Crippen LogP contribution is -2.57. The maximum Gasteiger partial charge on any atom is 0.326 e. The first-order chi connectivity index (χ1) is 14.9. The fourth-order valence-electron chi connectivity index (χ4n) is 2.66. The Bertz CT molecular complexity index is 662. The molecule has 9 N–H and O–H groups in total. The molecule has 0 spiro atoms. The van der Waals surface area contributed by atoms with Crippen molar-refractivity contribution in [2.45, 2.75) is 63.7 Å². The molecule has 4 atom stereocenters. The standard InChI is InChI=1S/C19H35N5O7S/c1-10(2)8-14(19(30)31)24-18(29)13(6-7-32-3)23-17(28)12(4-5-15(21)26)22-16(27)11(20)9-25/h10-14,25H,4-9,20H2,1-3H3,(H2,21,26)(H,22,27)(H,23,28)(H,24,29)(H,30,31). The first-order valence-corrected chi connectivity index (χ1v) is 11.6. The van der Waals surface area contributed by atoms with Gasteiger partial charge in [-0.2, -0.15) is 11.8 Å². The maximum absolute atomic E-state index is 12.8. The first-order valence-electron chi connectivity index (χ1n) is 10.2. The molecule has 0 fully saturated rings. The van der Waals surface area contributed by atoms with E-state index in [1.807, 2.05) is 20.1 Å². The summed E-state index contributed by atoms with van der Waals surface area (Å²) in [6, 6.07) is -4.70. The van der Waals surface area contributed by atoms with Crippen LogP contribution in [0.2, 0.25) is 0 Å². The molecule has 0 aliphatic heterocycles. The van der Waals surface area contributed by atoms with Crippen LogP contribution >= 0.6 is 11.8 Å². The largest absolute Gasteiger partial charge is 0.480 e. The summed E-state index contributed by atoms with van der Waals surface area (Å²) in [5.41, 5.74) is 10.6. The average molecular weight is 478 g/mol. The van der Waals surface area contributed by atoms with Gasteiger partial charge in [0.15, 0.2) is 0 Å². The second-order valence-corrected chi connectivity index (χ2v) is 8.71. The monoisotopic (exact) mass is 477 g/mol. The molecule has 4 amide bonds. The number of primary amides is 1. The Morgan fingerprint density at radius 1 is 0.906 bits per heavy atom. The predicted molar refractivity (Wildman–Crippen MR) is 119 cm³/mol. The highest BCUT2D eigenvalue weighted by Crippen LogP contribution is 2.08. The minimum Gasteiger partial charge on any atom is -0.480 e. The topological polar surface area (TPSA) is 214 Å². The van der Waals surface area contributed by atoms with Gasteiger partial charge in [-0.1, -0.05) is 13.8 Å². The van der Waals surface area contributed by atoms with Crippen molar-refractivity contribution in [1.29, 1.82) is 0 Å². The van der Waals surface area contributed by atoms with Crippen molar-refractivity contribution in [2.24, 2.45) is 17.4 Å². The number of hydrogen-bond donors (Lipinski definition) is 7. The van der Waals surface area contributed by atoms with E-state index in [1.165, 1.54) is 11.8 Å². The van der Waals surface area contributed by atoms with E-state index >= 15 is 0 Å². The number of carbonyl (C=O) groups excluding carboxylic acids is 4. The van der Waals surface area contributed by atoms with Gasteiger partial charge in [-0.25, -0.2) is 4.79 Å². The molecule has 0 rings (SSSR count). The molecular formula is C19H35N5O7S. The molecule has 13 heteroatoms. The molecule has 0 saturated heterocycles. The van der Waals surface area contributed by atoms with Crippen LogP contribution in [0.25, 0.3) is 0 Å². The summed E-state index contributed by atoms with van der Waals surface area (Å²) in [6.45, 7) is 2.98. The summed E-state index contributed by atoms with van der Waals surface area (Å²) in [7, 11) is 0. The molecule has 0 aliphatic rings. The fourth-order valence-corrected chi connectivity index (χ4v) is 3.13. The van der Waals surface area contributed by atoms with E-state index in [1.54, 1.807) is 0 Å². The van der Waals surface area contributed by atoms with E-state index < -0.39 is 60.4 Å². The van der Waals surface area contributed by atoms with E-state index in [2.05, 4.69) is 16.0 Å². The second kappa shape index (κ2) is 15.4. The van der Waals surface area contributed by atoms with Gasteiger partial charge in [-0.3, -0.25) is 19.2 Å². The molecule has 0 saturated carbocycles. The Morgan fingerprint density at radius 3 is 1.84 bits per heavy atom. The number of thioether (sulfide) groups is 1. The maximum atomic E-state index is 12.8. The van der Waals surface area contributed by atoms with Crippen LogP contribution in [0.15, 0.2) is 0 Å². The highest BCUT2D eigenvalue weighted by Gasteiger charge is 2.30. The molecule has 32 heavy (non-hydrogen) atoms. The minimum absolute atomic E-state index is 0.0137. The van der Waals surface area contributed by atoms with E-state index in [0.717, 1.165) is 0 Å². The smallest absolute Gasteiger partial charge is 0.326 e. The van der Waals surface area contributed by atoms with Crippen LogP contribution in [-0.2, 0) is 24.0 Å². The molecule has 0 heterocycles. The number of aliphatic hydroxyl groups excluding tert-OH is 1. The number of rotatable bonds is 16. The Morgan fingerprint density at radius 2 is 1.41 bits per heavy atom. The summed E-state index contributed by atoms with van der Waals surface area (Å²) in [5.74, 6) is -3.63. The normalized spacial score (nSPS) is 14.7. The van der Waals surface area contributed by atoms with E-state index in [4.69, 9.17) is 16.6 Å². The number of amides is 4. The quantitative estimate of drug-likeness (QED) is 0.129. The third-order valence-corrected chi connectivity index (χ3v) is 5.06. The van der Waals surface area contributed by atoms with Crippen LogP contribution in [0.3, 0.4) is 0 Å². The van der Waals surface area contributed by atoms with Gasteiger partial charge in [-0.15, -0.1) is 0 Å². The average Bonchev–Trinajstić information content (AvgIpc) is 2.71. The van der Waals surface area contributed by atoms with Crippen molar-refractivity contribution in [3.05, 3.63) is 0 Å². The van der Waals surface area contributed by atoms with Crippen molar-refractivity contribution < 1.29 is 34.2 Å². The lowest BCUT2D eigenvalue weighted by molar-refractivity contribution is -0.142. The number of aliphatic carboxylic acids is 1. The van der Waals surface area contributed by atoms with Crippen molar-refractivity contribution >= 4 is 41.4 Å². The van der Waals surface area contributed by atoms with Gasteiger partial charge < -0.3 is 37.6 Å². The SMILES string of the molecule is CSCCC(NC(=O)C(CCC(N)=O)NC(=O)C(N)CO)C(=O)NC(CC(C)C)C(=O)O. The third-order valence-electron chi connectivity index (χ3n) is 4.41. The van der Waals surface area contributed by atoms with Gasteiger partial charge in [0.05, 0.1) is 6.61 Å². The van der Waals surface area contributed by atoms with Crippen molar-refractivity contribution in [2.75, 3.05) is 18.6 Å². The zero-order valence-corrected chi connectivity index (χ0v) is 19.4. The van der Waals surface area contributed by atoms with Crippen molar-refractivity contribution in [3.63, 3.8) is 0 Å². The van der Waals surface area contributed by atoms with Gasteiger partial charge in [-0.05, 0) is 37.2 Å². The van der Waals surface area contributed by atoms with Crippen LogP contribution < -0.4 is 27.4 Å². The first kappa shape index (κ1) is 29.6. The van der Waals surface area contributed by atoms with Crippen molar-refractivity contribution in [1.82, 2.24) is 16.0 Å². The summed E-state index contributed by atoms with van der Waals surface area (Å²) in [4.78, 5) is 60.1. The Labute approximate surface area is 191 Å². The summed E-state index contributed by atoms with van der Waals surface area (Å²) >= 11 is 1.43. The lowest BCUT2D eigenvalue weighted by Gasteiger charge is -2.25. The van der Waals surface area contributed by atoms with Crippen LogP contribution in [0.4, 0.5) is 0 Å². The summed E-state index contributed by atoms with van der Waals surface area (Å²) in [6.07, 6.45) is 1.86. The molecule has 4 unspecified atom stereocenters. The Kier molecular flexibility index (Phi) is 14.3. The van der Waals surface area contributed by atoms with Gasteiger partial charge in [0, 0.05) is 6.42 Å². The number of nitrogens with two attached hydrogens (primary N) is 2. The van der Waals surface area contributed by atoms with Crippen molar-refractivity contribution in [3.8, 4) is 0 Å². The summed E-state index contributed by atoms with van der Waals surface area (Å²) < 4.78 is 0. The van der Waals surface area contributed by atoms with Gasteiger partial charge >= 0.3 is 5.97 Å². The number of carbonyl (C=O) groups is 5. The molecule has 0 aromatic rings. The Hall–Kier alpha value is -2.38. The van der Waals surface area contributed by atoms with Crippen LogP contribution in [0.1, 0.15) is 39.5 Å². The van der Waals surface area contributed by atoms with Crippen LogP contribution in [0.5, 0.6) is 0 Å². The molecule has 0 bridgehead atoms. The fraction of sp³-hybridized carbons (Fsp3) is 0.737. The van der Waals surface area contributed by atoms with Gasteiger partial charge in [0.2, 0.25) is 23.6 Å². The van der Waals surface area contributed by atoms with Crippen LogP contribution in [0, 0.1) is 5.92 Å². The van der Waals surface area contributed by atoms with E-state index in [0.29, 0.717) is 5.75 Å². The second-order valence-electron chi connectivity index (χ2n) is 7.73. The summed E-state index contributed by atoms with van der Waals surface area (Å²) in [5, 5.41) is 25.7. The molecule has 12 nitrogen and oxygen atoms in total. The number of hydrogen-bond acceptors (Lipinski definition) is 8. The molecular weight excluding hydrogens is 442 g/mol. The predicted octanol–water partition coefficient (Wildman–Crippen LogP) is -2.09. The molecule has 0 aromatic carbocycles. The number of aliphatic hydroxyl groups is 1. The Balaban J connectivity index is 5.46. The molecule has 0 radical (unpaired) electrons. The molecule has 0 aromatic heterocycles. The lowest BCUT2D eigenvalue weighted by atomic mass is 10.0. The zero-order valence-electron chi connectivity index (χ0n) is 18.6. The van der Waals surface area contributed by atoms with E-state index in [9.17, 15) is 29.1 Å². The highest BCUT2D eigenvalue weighted by atomic mass is 32.2. The number of carboxylic acids is 1. The van der Waals surface area contributed by atoms with Gasteiger partial charge in [0.1, 0.15) is 24.2 Å². The molecule has 184 valence electrons. The highest BCUT2D eigenvalue weighted by molar-refractivity contribution is 7.98.